The summed E-state index contributed by atoms with van der Waals surface area (Å²) in [6, 6.07) is 10.7. The van der Waals surface area contributed by atoms with Crippen molar-refractivity contribution < 1.29 is 14.5 Å². The number of ether oxygens (including phenoxy) is 1. The van der Waals surface area contributed by atoms with E-state index in [0.29, 0.717) is 5.02 Å². The second kappa shape index (κ2) is 7.99. The Morgan fingerprint density at radius 2 is 1.96 bits per heavy atom. The maximum absolute atomic E-state index is 12.0. The minimum absolute atomic E-state index is 0.0659. The molecule has 2 rings (SSSR count). The molecule has 0 heterocycles. The van der Waals surface area contributed by atoms with E-state index in [4.69, 9.17) is 27.9 Å². The normalized spacial score (nSPS) is 11.6. The van der Waals surface area contributed by atoms with Crippen LogP contribution in [0, 0.1) is 10.1 Å². The standard InChI is InChI=1S/C16H14Cl2N2O4/c1-10(12-4-2-3-5-13(12)17)19-16(21)9-24-15-7-6-11(20(22)23)8-14(15)18/h2-8,10H,9H2,1H3,(H,19,21). The van der Waals surface area contributed by atoms with E-state index in [9.17, 15) is 14.9 Å². The van der Waals surface area contributed by atoms with Crippen molar-refractivity contribution in [2.45, 2.75) is 13.0 Å². The summed E-state index contributed by atoms with van der Waals surface area (Å²) < 4.78 is 5.30. The van der Waals surface area contributed by atoms with Crippen molar-refractivity contribution in [1.82, 2.24) is 5.32 Å². The van der Waals surface area contributed by atoms with E-state index in [-0.39, 0.29) is 35.0 Å². The highest BCUT2D eigenvalue weighted by atomic mass is 35.5. The molecule has 0 saturated carbocycles. The number of rotatable bonds is 6. The SMILES string of the molecule is CC(NC(=O)COc1ccc([N+](=O)[O-])cc1Cl)c1ccccc1Cl. The Labute approximate surface area is 148 Å². The smallest absolute Gasteiger partial charge is 0.271 e. The van der Waals surface area contributed by atoms with E-state index in [0.717, 1.165) is 5.56 Å². The van der Waals surface area contributed by atoms with Crippen LogP contribution in [0.25, 0.3) is 0 Å². The molecule has 0 fully saturated rings. The largest absolute Gasteiger partial charge is 0.482 e. The lowest BCUT2D eigenvalue weighted by Crippen LogP contribution is -2.31. The van der Waals surface area contributed by atoms with Gasteiger partial charge in [0, 0.05) is 17.2 Å². The fraction of sp³-hybridized carbons (Fsp3) is 0.188. The molecule has 6 nitrogen and oxygen atoms in total. The van der Waals surface area contributed by atoms with Crippen LogP contribution >= 0.6 is 23.2 Å². The molecule has 1 amide bonds. The topological polar surface area (TPSA) is 81.5 Å². The fourth-order valence-electron chi connectivity index (χ4n) is 2.05. The number of hydrogen-bond donors (Lipinski definition) is 1. The molecule has 126 valence electrons. The number of nitro benzene ring substituents is 1. The Bertz CT molecular complexity index is 767. The number of halogens is 2. The van der Waals surface area contributed by atoms with E-state index >= 15 is 0 Å². The molecule has 0 aliphatic carbocycles. The zero-order chi connectivity index (χ0) is 17.7. The quantitative estimate of drug-likeness (QED) is 0.612. The van der Waals surface area contributed by atoms with Crippen LogP contribution in [0.3, 0.4) is 0 Å². The Hall–Kier alpha value is -2.31. The van der Waals surface area contributed by atoms with Gasteiger partial charge in [-0.1, -0.05) is 41.4 Å². The second-order valence-electron chi connectivity index (χ2n) is 4.97. The minimum Gasteiger partial charge on any atom is -0.482 e. The molecule has 0 aromatic heterocycles. The van der Waals surface area contributed by atoms with Crippen molar-refractivity contribution in [3.05, 3.63) is 68.2 Å². The molecule has 1 atom stereocenters. The predicted molar refractivity (Wildman–Crippen MR) is 91.6 cm³/mol. The Morgan fingerprint density at radius 1 is 1.25 bits per heavy atom. The van der Waals surface area contributed by atoms with Crippen LogP contribution in [-0.4, -0.2) is 17.4 Å². The maximum Gasteiger partial charge on any atom is 0.271 e. The lowest BCUT2D eigenvalue weighted by Gasteiger charge is -2.16. The van der Waals surface area contributed by atoms with Crippen LogP contribution in [0.1, 0.15) is 18.5 Å². The minimum atomic E-state index is -0.562. The van der Waals surface area contributed by atoms with Crippen molar-refractivity contribution in [2.75, 3.05) is 6.61 Å². The number of hydrogen-bond acceptors (Lipinski definition) is 4. The molecule has 0 bridgehead atoms. The van der Waals surface area contributed by atoms with Gasteiger partial charge in [0.2, 0.25) is 0 Å². The average Bonchev–Trinajstić information content (AvgIpc) is 2.53. The highest BCUT2D eigenvalue weighted by Crippen LogP contribution is 2.28. The summed E-state index contributed by atoms with van der Waals surface area (Å²) in [6.07, 6.45) is 0. The summed E-state index contributed by atoms with van der Waals surface area (Å²) in [6.45, 7) is 1.53. The number of benzene rings is 2. The molecule has 24 heavy (non-hydrogen) atoms. The van der Waals surface area contributed by atoms with Gasteiger partial charge in [-0.3, -0.25) is 14.9 Å². The highest BCUT2D eigenvalue weighted by Gasteiger charge is 2.14. The van der Waals surface area contributed by atoms with Gasteiger partial charge in [-0.25, -0.2) is 0 Å². The molecule has 0 saturated heterocycles. The van der Waals surface area contributed by atoms with Crippen molar-refractivity contribution in [3.8, 4) is 5.75 Å². The Morgan fingerprint density at radius 3 is 2.58 bits per heavy atom. The number of nitro groups is 1. The molecule has 2 aromatic rings. The first-order valence-electron chi connectivity index (χ1n) is 6.99. The third-order valence-electron chi connectivity index (χ3n) is 3.23. The van der Waals surface area contributed by atoms with Crippen LogP contribution in [-0.2, 0) is 4.79 Å². The first-order valence-corrected chi connectivity index (χ1v) is 7.74. The van der Waals surface area contributed by atoms with Crippen LogP contribution in [0.15, 0.2) is 42.5 Å². The van der Waals surface area contributed by atoms with Gasteiger partial charge >= 0.3 is 0 Å². The van der Waals surface area contributed by atoms with Gasteiger partial charge in [0.05, 0.1) is 16.0 Å². The van der Waals surface area contributed by atoms with Crippen molar-refractivity contribution >= 4 is 34.8 Å². The van der Waals surface area contributed by atoms with E-state index in [1.54, 1.807) is 19.1 Å². The van der Waals surface area contributed by atoms with Gasteiger partial charge in [-0.05, 0) is 24.6 Å². The zero-order valence-electron chi connectivity index (χ0n) is 12.7. The molecule has 0 aliphatic rings. The Balaban J connectivity index is 1.94. The number of amides is 1. The third kappa shape index (κ3) is 4.59. The number of non-ortho nitro benzene ring substituents is 1. The second-order valence-corrected chi connectivity index (χ2v) is 5.79. The van der Waals surface area contributed by atoms with E-state index in [2.05, 4.69) is 5.32 Å². The van der Waals surface area contributed by atoms with Gasteiger partial charge in [-0.15, -0.1) is 0 Å². The molecule has 0 aliphatic heterocycles. The summed E-state index contributed by atoms with van der Waals surface area (Å²) >= 11 is 12.0. The van der Waals surface area contributed by atoms with Gasteiger partial charge in [0.1, 0.15) is 5.75 Å². The van der Waals surface area contributed by atoms with Crippen LogP contribution < -0.4 is 10.1 Å². The van der Waals surface area contributed by atoms with Crippen LogP contribution in [0.4, 0.5) is 5.69 Å². The number of nitrogens with one attached hydrogen (secondary N) is 1. The lowest BCUT2D eigenvalue weighted by atomic mass is 10.1. The third-order valence-corrected chi connectivity index (χ3v) is 3.87. The monoisotopic (exact) mass is 368 g/mol. The highest BCUT2D eigenvalue weighted by molar-refractivity contribution is 6.32. The van der Waals surface area contributed by atoms with E-state index in [1.165, 1.54) is 18.2 Å². The molecule has 0 radical (unpaired) electrons. The molecule has 1 N–H and O–H groups in total. The van der Waals surface area contributed by atoms with Gasteiger partial charge < -0.3 is 10.1 Å². The molecule has 2 aromatic carbocycles. The molecule has 0 spiro atoms. The van der Waals surface area contributed by atoms with Crippen LogP contribution in [0.2, 0.25) is 10.0 Å². The summed E-state index contributed by atoms with van der Waals surface area (Å²) in [7, 11) is 0. The number of carbonyl (C=O) groups is 1. The van der Waals surface area contributed by atoms with Crippen molar-refractivity contribution in [1.29, 1.82) is 0 Å². The van der Waals surface area contributed by atoms with Crippen molar-refractivity contribution in [3.63, 3.8) is 0 Å². The Kier molecular flexibility index (Phi) is 6.00. The first-order chi connectivity index (χ1) is 11.4. The summed E-state index contributed by atoms with van der Waals surface area (Å²) in [5.41, 5.74) is 0.644. The summed E-state index contributed by atoms with van der Waals surface area (Å²) in [4.78, 5) is 22.1. The molecular formula is C16H14Cl2N2O4. The maximum atomic E-state index is 12.0. The van der Waals surface area contributed by atoms with Gasteiger partial charge in [0.15, 0.2) is 6.61 Å². The van der Waals surface area contributed by atoms with Gasteiger partial charge in [0.25, 0.3) is 11.6 Å². The lowest BCUT2D eigenvalue weighted by molar-refractivity contribution is -0.384. The zero-order valence-corrected chi connectivity index (χ0v) is 14.2. The first kappa shape index (κ1) is 18.0. The number of carbonyl (C=O) groups excluding carboxylic acids is 1. The average molecular weight is 369 g/mol. The molecular weight excluding hydrogens is 355 g/mol. The van der Waals surface area contributed by atoms with Crippen molar-refractivity contribution in [2.24, 2.45) is 0 Å². The van der Waals surface area contributed by atoms with Gasteiger partial charge in [-0.2, -0.15) is 0 Å². The van der Waals surface area contributed by atoms with E-state index < -0.39 is 4.92 Å². The van der Waals surface area contributed by atoms with Crippen LogP contribution in [0.5, 0.6) is 5.75 Å². The molecule has 1 unspecified atom stereocenters. The fourth-order valence-corrected chi connectivity index (χ4v) is 2.58. The number of nitrogens with zero attached hydrogens (tertiary/aromatic N) is 1. The van der Waals surface area contributed by atoms with E-state index in [1.807, 2.05) is 12.1 Å². The summed E-state index contributed by atoms with van der Waals surface area (Å²) in [5.74, 6) is -0.167. The molecule has 8 heteroatoms. The predicted octanol–water partition coefficient (Wildman–Crippen LogP) is 4.16. The summed E-state index contributed by atoms with van der Waals surface area (Å²) in [5, 5.41) is 14.0.